The van der Waals surface area contributed by atoms with E-state index in [0.29, 0.717) is 19.4 Å². The molecule has 6 N–H and O–H groups in total. The number of aliphatic hydroxyl groups excluding tert-OH is 1. The van der Waals surface area contributed by atoms with Crippen molar-refractivity contribution in [1.29, 1.82) is 0 Å². The molecule has 0 saturated carbocycles. The van der Waals surface area contributed by atoms with Crippen LogP contribution in [0, 0.1) is 5.92 Å². The van der Waals surface area contributed by atoms with Gasteiger partial charge in [0.15, 0.2) is 0 Å². The van der Waals surface area contributed by atoms with Crippen molar-refractivity contribution in [3.05, 3.63) is 0 Å². The number of rotatable bonds is 10. The van der Waals surface area contributed by atoms with E-state index in [1.165, 1.54) is 6.92 Å². The Labute approximate surface area is 158 Å². The number of aliphatic carboxylic acids is 1. The third-order valence-corrected chi connectivity index (χ3v) is 4.71. The van der Waals surface area contributed by atoms with Crippen LogP contribution in [-0.4, -0.2) is 71.2 Å². The van der Waals surface area contributed by atoms with Crippen molar-refractivity contribution < 1.29 is 29.4 Å². The monoisotopic (exact) mass is 386 g/mol. The zero-order valence-corrected chi connectivity index (χ0v) is 15.9. The predicted molar refractivity (Wildman–Crippen MR) is 96.7 cm³/mol. The molecule has 0 aromatic rings. The normalized spacial score (nSPS) is 20.8. The van der Waals surface area contributed by atoms with Gasteiger partial charge in [-0.1, -0.05) is 20.3 Å². The lowest BCUT2D eigenvalue weighted by Gasteiger charge is -2.27. The summed E-state index contributed by atoms with van der Waals surface area (Å²) >= 11 is 0. The molecule has 5 unspecified atom stereocenters. The number of carbonyl (C=O) groups excluding carboxylic acids is 3. The highest BCUT2D eigenvalue weighted by molar-refractivity contribution is 5.94. The fraction of sp³-hybridized carbons (Fsp3) is 0.765. The first-order valence-corrected chi connectivity index (χ1v) is 9.19. The van der Waals surface area contributed by atoms with Gasteiger partial charge >= 0.3 is 5.97 Å². The maximum atomic E-state index is 12.5. The van der Waals surface area contributed by atoms with Gasteiger partial charge in [-0.15, -0.1) is 0 Å². The highest BCUT2D eigenvalue weighted by Gasteiger charge is 2.32. The van der Waals surface area contributed by atoms with Crippen molar-refractivity contribution in [2.45, 2.75) is 64.2 Å². The summed E-state index contributed by atoms with van der Waals surface area (Å²) in [7, 11) is 0. The minimum Gasteiger partial charge on any atom is -0.480 e. The van der Waals surface area contributed by atoms with E-state index in [2.05, 4.69) is 21.3 Å². The van der Waals surface area contributed by atoms with Gasteiger partial charge in [0.05, 0.1) is 12.6 Å². The van der Waals surface area contributed by atoms with Crippen LogP contribution in [0.15, 0.2) is 0 Å². The Morgan fingerprint density at radius 2 is 1.78 bits per heavy atom. The number of hydrogen-bond donors (Lipinski definition) is 6. The van der Waals surface area contributed by atoms with E-state index in [-0.39, 0.29) is 11.8 Å². The summed E-state index contributed by atoms with van der Waals surface area (Å²) in [6.07, 6.45) is 2.06. The van der Waals surface area contributed by atoms with Gasteiger partial charge in [-0.2, -0.15) is 0 Å². The van der Waals surface area contributed by atoms with Crippen LogP contribution in [0.3, 0.4) is 0 Å². The van der Waals surface area contributed by atoms with Crippen LogP contribution in [0.1, 0.15) is 40.0 Å². The van der Waals surface area contributed by atoms with Crippen molar-refractivity contribution in [2.24, 2.45) is 5.92 Å². The molecule has 0 aliphatic carbocycles. The Kier molecular flexibility index (Phi) is 9.16. The van der Waals surface area contributed by atoms with Gasteiger partial charge in [-0.3, -0.25) is 19.2 Å². The lowest BCUT2D eigenvalue weighted by Crippen LogP contribution is -2.59. The zero-order valence-electron chi connectivity index (χ0n) is 15.9. The van der Waals surface area contributed by atoms with Gasteiger partial charge < -0.3 is 31.5 Å². The van der Waals surface area contributed by atoms with Gasteiger partial charge in [0, 0.05) is 0 Å². The van der Waals surface area contributed by atoms with Crippen LogP contribution in [0.2, 0.25) is 0 Å². The number of carbonyl (C=O) groups is 4. The summed E-state index contributed by atoms with van der Waals surface area (Å²) in [6, 6.07) is -3.70. The van der Waals surface area contributed by atoms with Crippen molar-refractivity contribution in [3.63, 3.8) is 0 Å². The summed E-state index contributed by atoms with van der Waals surface area (Å²) in [4.78, 5) is 47.9. The Hall–Kier alpha value is -2.20. The fourth-order valence-corrected chi connectivity index (χ4v) is 2.70. The molecule has 0 aromatic heterocycles. The van der Waals surface area contributed by atoms with Crippen LogP contribution in [0.25, 0.3) is 0 Å². The average molecular weight is 386 g/mol. The summed E-state index contributed by atoms with van der Waals surface area (Å²) in [5.41, 5.74) is 0. The molecule has 0 bridgehead atoms. The van der Waals surface area contributed by atoms with Crippen LogP contribution in [-0.2, 0) is 19.2 Å². The van der Waals surface area contributed by atoms with Crippen LogP contribution in [0.5, 0.6) is 0 Å². The molecule has 0 aromatic carbocycles. The second kappa shape index (κ2) is 10.8. The number of amides is 3. The van der Waals surface area contributed by atoms with E-state index >= 15 is 0 Å². The first kappa shape index (κ1) is 22.8. The van der Waals surface area contributed by atoms with Gasteiger partial charge in [-0.25, -0.2) is 0 Å². The molecular formula is C17H30N4O6. The summed E-state index contributed by atoms with van der Waals surface area (Å²) in [6.45, 7) is 4.98. The molecule has 10 heteroatoms. The van der Waals surface area contributed by atoms with E-state index in [4.69, 9.17) is 5.11 Å². The molecule has 1 aliphatic heterocycles. The number of carboxylic acids is 1. The quantitative estimate of drug-likeness (QED) is 0.262. The van der Waals surface area contributed by atoms with Crippen molar-refractivity contribution in [1.82, 2.24) is 21.3 Å². The van der Waals surface area contributed by atoms with E-state index in [1.807, 2.05) is 6.92 Å². The summed E-state index contributed by atoms with van der Waals surface area (Å²) in [5.74, 6) is -3.19. The Morgan fingerprint density at radius 3 is 2.26 bits per heavy atom. The molecule has 0 radical (unpaired) electrons. The molecule has 3 amide bonds. The standard InChI is InChI=1S/C17H30N4O6/c1-4-9(2)13(16(25)19-10(3)17(26)27)21-15(24)12(8-22)20-14(23)11-6-5-7-18-11/h9-13,18,22H,4-8H2,1-3H3,(H,19,25)(H,20,23)(H,21,24)(H,26,27). The summed E-state index contributed by atoms with van der Waals surface area (Å²) < 4.78 is 0. The number of aliphatic hydroxyl groups is 1. The molecular weight excluding hydrogens is 356 g/mol. The highest BCUT2D eigenvalue weighted by atomic mass is 16.4. The molecule has 27 heavy (non-hydrogen) atoms. The zero-order chi connectivity index (χ0) is 20.6. The fourth-order valence-electron chi connectivity index (χ4n) is 2.70. The van der Waals surface area contributed by atoms with E-state index in [9.17, 15) is 24.3 Å². The van der Waals surface area contributed by atoms with E-state index < -0.39 is 48.6 Å². The Morgan fingerprint density at radius 1 is 1.11 bits per heavy atom. The SMILES string of the molecule is CCC(C)C(NC(=O)C(CO)NC(=O)C1CCCN1)C(=O)NC(C)C(=O)O. The molecule has 1 rings (SSSR count). The van der Waals surface area contributed by atoms with Gasteiger partial charge in [0.25, 0.3) is 0 Å². The molecule has 1 saturated heterocycles. The van der Waals surface area contributed by atoms with Crippen LogP contribution in [0.4, 0.5) is 0 Å². The van der Waals surface area contributed by atoms with E-state index in [1.54, 1.807) is 6.92 Å². The van der Waals surface area contributed by atoms with Crippen molar-refractivity contribution >= 4 is 23.7 Å². The highest BCUT2D eigenvalue weighted by Crippen LogP contribution is 2.09. The predicted octanol–water partition coefficient (Wildman–Crippen LogP) is -1.66. The Balaban J connectivity index is 2.75. The molecule has 154 valence electrons. The number of hydrogen-bond acceptors (Lipinski definition) is 6. The van der Waals surface area contributed by atoms with E-state index in [0.717, 1.165) is 6.42 Å². The maximum Gasteiger partial charge on any atom is 0.325 e. The topological polar surface area (TPSA) is 157 Å². The third kappa shape index (κ3) is 6.79. The molecule has 5 atom stereocenters. The number of carboxylic acid groups (broad SMARTS) is 1. The lowest BCUT2D eigenvalue weighted by molar-refractivity contribution is -0.142. The van der Waals surface area contributed by atoms with Crippen molar-refractivity contribution in [3.8, 4) is 0 Å². The largest absolute Gasteiger partial charge is 0.480 e. The Bertz CT molecular complexity index is 550. The average Bonchev–Trinajstić information content (AvgIpc) is 3.17. The first-order valence-electron chi connectivity index (χ1n) is 9.19. The molecule has 10 nitrogen and oxygen atoms in total. The van der Waals surface area contributed by atoms with Gasteiger partial charge in [-0.05, 0) is 32.2 Å². The minimum atomic E-state index is -1.20. The molecule has 1 aliphatic rings. The molecule has 1 fully saturated rings. The van der Waals surface area contributed by atoms with Crippen LogP contribution >= 0.6 is 0 Å². The molecule has 0 spiro atoms. The smallest absolute Gasteiger partial charge is 0.325 e. The van der Waals surface area contributed by atoms with Crippen molar-refractivity contribution in [2.75, 3.05) is 13.2 Å². The van der Waals surface area contributed by atoms with Crippen LogP contribution < -0.4 is 21.3 Å². The molecule has 1 heterocycles. The second-order valence-electron chi connectivity index (χ2n) is 6.83. The van der Waals surface area contributed by atoms with Gasteiger partial charge in [0.2, 0.25) is 17.7 Å². The number of nitrogens with one attached hydrogen (secondary N) is 4. The summed E-state index contributed by atoms with van der Waals surface area (Å²) in [5, 5.41) is 28.7. The maximum absolute atomic E-state index is 12.5. The minimum absolute atomic E-state index is 0.276. The lowest BCUT2D eigenvalue weighted by atomic mass is 9.97. The van der Waals surface area contributed by atoms with Gasteiger partial charge in [0.1, 0.15) is 18.1 Å². The third-order valence-electron chi connectivity index (χ3n) is 4.71. The second-order valence-corrected chi connectivity index (χ2v) is 6.83. The first-order chi connectivity index (χ1) is 12.7.